The molecule has 0 fully saturated rings. The third-order valence-electron chi connectivity index (χ3n) is 4.92. The lowest BCUT2D eigenvalue weighted by molar-refractivity contribution is -0.115. The molecule has 0 aliphatic rings. The molecule has 0 bridgehead atoms. The minimum atomic E-state index is -2.94. The fraction of sp³-hybridized carbons (Fsp3) is 0.240. The van der Waals surface area contributed by atoms with Gasteiger partial charge in [0.05, 0.1) is 17.3 Å². The number of thiazole rings is 1. The Morgan fingerprint density at radius 1 is 1.23 bits per heavy atom. The Bertz CT molecular complexity index is 1410. The van der Waals surface area contributed by atoms with Gasteiger partial charge < -0.3 is 14.8 Å². The number of unbranched alkanes of at least 4 members (excludes halogenated alkanes) is 1. The summed E-state index contributed by atoms with van der Waals surface area (Å²) in [5, 5.41) is 12.5. The molecule has 182 valence electrons. The van der Waals surface area contributed by atoms with E-state index in [1.54, 1.807) is 30.3 Å². The molecule has 1 N–H and O–H groups in total. The van der Waals surface area contributed by atoms with Gasteiger partial charge in [-0.05, 0) is 42.3 Å². The van der Waals surface area contributed by atoms with Crippen LogP contribution in [-0.4, -0.2) is 30.7 Å². The Labute approximate surface area is 204 Å². The summed E-state index contributed by atoms with van der Waals surface area (Å²) in [5.74, 6) is -0.206. The summed E-state index contributed by atoms with van der Waals surface area (Å²) in [5.41, 5.74) is 0.265. The van der Waals surface area contributed by atoms with Gasteiger partial charge in [-0.25, -0.2) is 0 Å². The lowest BCUT2D eigenvalue weighted by Gasteiger charge is -2.09. The standard InChI is InChI=1S/C25H23F2N3O4S/c1-3-4-13-29-22(31)18(15-28)24-30(19-7-5-6-8-20(19)33-2)23(32)21(35-24)14-16-9-11-17(12-10-16)34-25(26)27/h5-12,14,25H,3-4,13H2,1-2H3,(H,29,31)/b21-14-,24-18-. The first kappa shape index (κ1) is 25.6. The van der Waals surface area contributed by atoms with Crippen molar-refractivity contribution in [2.75, 3.05) is 13.7 Å². The topological polar surface area (TPSA) is 93.4 Å². The third kappa shape index (κ3) is 6.13. The minimum absolute atomic E-state index is 0.0145. The van der Waals surface area contributed by atoms with Crippen LogP contribution in [0.1, 0.15) is 25.3 Å². The number of ether oxygens (including phenoxy) is 2. The van der Waals surface area contributed by atoms with Crippen LogP contribution in [0.3, 0.4) is 0 Å². The lowest BCUT2D eigenvalue weighted by Crippen LogP contribution is -2.34. The number of rotatable bonds is 9. The minimum Gasteiger partial charge on any atom is -0.495 e. The van der Waals surface area contributed by atoms with E-state index in [2.05, 4.69) is 10.1 Å². The van der Waals surface area contributed by atoms with Crippen molar-refractivity contribution in [1.29, 1.82) is 5.26 Å². The number of hydrogen-bond acceptors (Lipinski definition) is 6. The number of aromatic nitrogens is 1. The van der Waals surface area contributed by atoms with Gasteiger partial charge in [-0.1, -0.05) is 37.6 Å². The molecule has 0 spiro atoms. The largest absolute Gasteiger partial charge is 0.495 e. The average molecular weight is 500 g/mol. The van der Waals surface area contributed by atoms with Gasteiger partial charge in [0, 0.05) is 6.54 Å². The summed E-state index contributed by atoms with van der Waals surface area (Å²) < 4.78 is 36.3. The van der Waals surface area contributed by atoms with Crippen LogP contribution in [0.4, 0.5) is 8.78 Å². The first-order chi connectivity index (χ1) is 16.9. The summed E-state index contributed by atoms with van der Waals surface area (Å²) in [7, 11) is 1.46. The van der Waals surface area contributed by atoms with E-state index in [1.807, 2.05) is 13.0 Å². The summed E-state index contributed by atoms with van der Waals surface area (Å²) >= 11 is 0.978. The number of para-hydroxylation sites is 2. The average Bonchev–Trinajstić information content (AvgIpc) is 3.15. The van der Waals surface area contributed by atoms with E-state index in [0.29, 0.717) is 23.5 Å². The highest BCUT2D eigenvalue weighted by Gasteiger charge is 2.18. The number of alkyl halides is 2. The molecule has 0 saturated heterocycles. The predicted octanol–water partition coefficient (Wildman–Crippen LogP) is 2.93. The smallest absolute Gasteiger partial charge is 0.387 e. The molecular formula is C25H23F2N3O4S. The number of carbonyl (C=O) groups excluding carboxylic acids is 1. The van der Waals surface area contributed by atoms with Crippen LogP contribution in [0.15, 0.2) is 53.3 Å². The SMILES string of the molecule is CCCCNC(=O)/C(C#N)=c1\s/c(=C\c2ccc(OC(F)F)cc2)c(=O)n1-c1ccccc1OC. The molecule has 0 saturated carbocycles. The molecule has 0 aliphatic carbocycles. The van der Waals surface area contributed by atoms with Gasteiger partial charge in [0.25, 0.3) is 11.5 Å². The highest BCUT2D eigenvalue weighted by molar-refractivity contribution is 7.07. The zero-order valence-electron chi connectivity index (χ0n) is 19.1. The third-order valence-corrected chi connectivity index (χ3v) is 6.01. The molecule has 7 nitrogen and oxygen atoms in total. The maximum Gasteiger partial charge on any atom is 0.387 e. The fourth-order valence-corrected chi connectivity index (χ4v) is 4.34. The van der Waals surface area contributed by atoms with Crippen molar-refractivity contribution in [1.82, 2.24) is 9.88 Å². The summed E-state index contributed by atoms with van der Waals surface area (Å²) in [6, 6.07) is 14.5. The normalized spacial score (nSPS) is 12.3. The zero-order chi connectivity index (χ0) is 25.4. The Kier molecular flexibility index (Phi) is 8.75. The van der Waals surface area contributed by atoms with Crippen molar-refractivity contribution >= 4 is 28.9 Å². The number of amides is 1. The zero-order valence-corrected chi connectivity index (χ0v) is 19.9. The van der Waals surface area contributed by atoms with Crippen LogP contribution >= 0.6 is 11.3 Å². The van der Waals surface area contributed by atoms with Crippen LogP contribution in [0.25, 0.3) is 17.3 Å². The van der Waals surface area contributed by atoms with Gasteiger partial charge in [0.2, 0.25) is 0 Å². The second-order valence-corrected chi connectivity index (χ2v) is 8.30. The number of halogens is 2. The fourth-order valence-electron chi connectivity index (χ4n) is 3.24. The Hall–Kier alpha value is -3.97. The molecule has 10 heteroatoms. The molecule has 1 amide bonds. The van der Waals surface area contributed by atoms with Gasteiger partial charge in [-0.2, -0.15) is 14.0 Å². The van der Waals surface area contributed by atoms with Gasteiger partial charge in [0.1, 0.15) is 22.2 Å². The first-order valence-corrected chi connectivity index (χ1v) is 11.6. The number of carbonyl (C=O) groups is 1. The highest BCUT2D eigenvalue weighted by atomic mass is 32.1. The van der Waals surface area contributed by atoms with Crippen molar-refractivity contribution in [3.63, 3.8) is 0 Å². The highest BCUT2D eigenvalue weighted by Crippen LogP contribution is 2.20. The molecule has 35 heavy (non-hydrogen) atoms. The maximum absolute atomic E-state index is 13.5. The summed E-state index contributed by atoms with van der Waals surface area (Å²) in [6.07, 6.45) is 3.17. The Morgan fingerprint density at radius 3 is 2.57 bits per heavy atom. The number of nitriles is 1. The number of hydrogen-bond donors (Lipinski definition) is 1. The van der Waals surface area contributed by atoms with Crippen LogP contribution in [0, 0.1) is 11.3 Å². The lowest BCUT2D eigenvalue weighted by atomic mass is 10.2. The van der Waals surface area contributed by atoms with E-state index in [-0.39, 0.29) is 20.5 Å². The molecule has 1 heterocycles. The second kappa shape index (κ2) is 11.9. The van der Waals surface area contributed by atoms with E-state index in [4.69, 9.17) is 4.74 Å². The molecule has 0 aliphatic heterocycles. The monoisotopic (exact) mass is 499 g/mol. The van der Waals surface area contributed by atoms with Crippen LogP contribution in [0.2, 0.25) is 0 Å². The van der Waals surface area contributed by atoms with Gasteiger partial charge >= 0.3 is 6.61 Å². The van der Waals surface area contributed by atoms with E-state index in [1.165, 1.54) is 35.9 Å². The van der Waals surface area contributed by atoms with Gasteiger partial charge in [0.15, 0.2) is 5.57 Å². The van der Waals surface area contributed by atoms with Crippen molar-refractivity contribution in [2.24, 2.45) is 0 Å². The number of nitrogens with zero attached hydrogens (tertiary/aromatic N) is 2. The summed E-state index contributed by atoms with van der Waals surface area (Å²) in [6.45, 7) is -0.564. The van der Waals surface area contributed by atoms with Crippen LogP contribution < -0.4 is 29.5 Å². The van der Waals surface area contributed by atoms with Crippen LogP contribution in [0.5, 0.6) is 11.5 Å². The van der Waals surface area contributed by atoms with Crippen molar-refractivity contribution in [3.8, 4) is 23.3 Å². The van der Waals surface area contributed by atoms with Crippen molar-refractivity contribution in [3.05, 3.63) is 73.6 Å². The molecule has 2 aromatic carbocycles. The number of methoxy groups -OCH3 is 1. The first-order valence-electron chi connectivity index (χ1n) is 10.7. The molecule has 3 aromatic rings. The van der Waals surface area contributed by atoms with E-state index >= 15 is 0 Å². The van der Waals surface area contributed by atoms with Crippen LogP contribution in [-0.2, 0) is 4.79 Å². The summed E-state index contributed by atoms with van der Waals surface area (Å²) in [4.78, 5) is 26.3. The molecule has 1 aromatic heterocycles. The molecular weight excluding hydrogens is 476 g/mol. The molecule has 0 unspecified atom stereocenters. The van der Waals surface area contributed by atoms with Gasteiger partial charge in [-0.15, -0.1) is 11.3 Å². The number of nitrogens with one attached hydrogen (secondary N) is 1. The Balaban J connectivity index is 2.24. The molecule has 0 radical (unpaired) electrons. The van der Waals surface area contributed by atoms with Crippen molar-refractivity contribution in [2.45, 2.75) is 26.4 Å². The van der Waals surface area contributed by atoms with E-state index in [9.17, 15) is 23.6 Å². The Morgan fingerprint density at radius 2 is 1.94 bits per heavy atom. The molecule has 3 rings (SSSR count). The number of benzene rings is 2. The quantitative estimate of drug-likeness (QED) is 0.457. The predicted molar refractivity (Wildman–Crippen MR) is 129 cm³/mol. The maximum atomic E-state index is 13.5. The van der Waals surface area contributed by atoms with Crippen molar-refractivity contribution < 1.29 is 23.0 Å². The second-order valence-electron chi connectivity index (χ2n) is 7.27. The van der Waals surface area contributed by atoms with E-state index in [0.717, 1.165) is 24.2 Å². The van der Waals surface area contributed by atoms with Gasteiger partial charge in [-0.3, -0.25) is 14.2 Å². The molecule has 0 atom stereocenters. The van der Waals surface area contributed by atoms with E-state index < -0.39 is 18.1 Å².